The molecule has 6 aromatic carbocycles. The SMILES string of the molecule is c1ccc(-c2nc(-c3ccccc3)nc(-c3ccc(-c4cccc5c4nc(-c4ccncc4)c4cccc(-c6ccccc6)c45)cc3)n2)cc1. The fourth-order valence-corrected chi connectivity index (χ4v) is 6.64. The molecule has 0 aliphatic rings. The Morgan fingerprint density at radius 2 is 0.760 bits per heavy atom. The van der Waals surface area contributed by atoms with Gasteiger partial charge in [0.1, 0.15) is 0 Å². The zero-order valence-electron chi connectivity index (χ0n) is 27.0. The van der Waals surface area contributed by atoms with E-state index in [0.717, 1.165) is 55.4 Å². The largest absolute Gasteiger partial charge is 0.265 e. The van der Waals surface area contributed by atoms with Crippen LogP contribution in [0.5, 0.6) is 0 Å². The first-order valence-corrected chi connectivity index (χ1v) is 16.6. The smallest absolute Gasteiger partial charge is 0.164 e. The molecular formula is C45H29N5. The van der Waals surface area contributed by atoms with Gasteiger partial charge in [-0.3, -0.25) is 4.98 Å². The van der Waals surface area contributed by atoms with E-state index in [-0.39, 0.29) is 0 Å². The highest BCUT2D eigenvalue weighted by Gasteiger charge is 2.18. The molecule has 0 fully saturated rings. The van der Waals surface area contributed by atoms with Gasteiger partial charge in [0, 0.05) is 56.4 Å². The van der Waals surface area contributed by atoms with Crippen LogP contribution in [0.1, 0.15) is 0 Å². The molecule has 3 heterocycles. The van der Waals surface area contributed by atoms with Crippen molar-refractivity contribution in [3.05, 3.63) is 176 Å². The molecule has 0 amide bonds. The van der Waals surface area contributed by atoms with Crippen LogP contribution < -0.4 is 0 Å². The number of fused-ring (bicyclic) bond motifs is 3. The Balaban J connectivity index is 1.21. The molecule has 3 aromatic heterocycles. The molecule has 0 spiro atoms. The lowest BCUT2D eigenvalue weighted by Crippen LogP contribution is -2.00. The first-order valence-electron chi connectivity index (χ1n) is 16.6. The van der Waals surface area contributed by atoms with Gasteiger partial charge in [-0.25, -0.2) is 19.9 Å². The average Bonchev–Trinajstić information content (AvgIpc) is 3.21. The van der Waals surface area contributed by atoms with Crippen molar-refractivity contribution in [2.45, 2.75) is 0 Å². The van der Waals surface area contributed by atoms with E-state index in [1.54, 1.807) is 0 Å². The fraction of sp³-hybridized carbons (Fsp3) is 0. The van der Waals surface area contributed by atoms with Crippen LogP contribution in [0.25, 0.3) is 89.4 Å². The normalized spacial score (nSPS) is 11.2. The molecule has 0 bridgehead atoms. The average molecular weight is 640 g/mol. The minimum absolute atomic E-state index is 0.624. The van der Waals surface area contributed by atoms with Gasteiger partial charge in [0.15, 0.2) is 17.5 Å². The van der Waals surface area contributed by atoms with Crippen LogP contribution >= 0.6 is 0 Å². The fourth-order valence-electron chi connectivity index (χ4n) is 6.64. The van der Waals surface area contributed by atoms with Crippen LogP contribution in [-0.2, 0) is 0 Å². The monoisotopic (exact) mass is 639 g/mol. The highest BCUT2D eigenvalue weighted by atomic mass is 15.0. The summed E-state index contributed by atoms with van der Waals surface area (Å²) in [7, 11) is 0. The van der Waals surface area contributed by atoms with Crippen molar-refractivity contribution in [1.82, 2.24) is 24.9 Å². The van der Waals surface area contributed by atoms with Gasteiger partial charge in [-0.05, 0) is 28.8 Å². The van der Waals surface area contributed by atoms with Crippen molar-refractivity contribution in [2.75, 3.05) is 0 Å². The van der Waals surface area contributed by atoms with Crippen molar-refractivity contribution >= 4 is 21.7 Å². The predicted octanol–water partition coefficient (Wildman–Crippen LogP) is 11.0. The Labute approximate surface area is 289 Å². The molecule has 0 saturated heterocycles. The van der Waals surface area contributed by atoms with E-state index in [0.29, 0.717) is 17.5 Å². The number of nitrogens with zero attached hydrogens (tertiary/aromatic N) is 5. The van der Waals surface area contributed by atoms with Gasteiger partial charge >= 0.3 is 0 Å². The molecule has 0 N–H and O–H groups in total. The van der Waals surface area contributed by atoms with Gasteiger partial charge in [-0.2, -0.15) is 0 Å². The lowest BCUT2D eigenvalue weighted by molar-refractivity contribution is 1.07. The number of hydrogen-bond donors (Lipinski definition) is 0. The first kappa shape index (κ1) is 29.3. The summed E-state index contributed by atoms with van der Waals surface area (Å²) in [4.78, 5) is 24.4. The number of pyridine rings is 2. The first-order chi connectivity index (χ1) is 24.8. The third-order valence-corrected chi connectivity index (χ3v) is 9.04. The number of rotatable bonds is 6. The second-order valence-corrected chi connectivity index (χ2v) is 12.1. The highest BCUT2D eigenvalue weighted by Crippen LogP contribution is 2.41. The van der Waals surface area contributed by atoms with Gasteiger partial charge < -0.3 is 0 Å². The lowest BCUT2D eigenvalue weighted by atomic mass is 9.91. The summed E-state index contributed by atoms with van der Waals surface area (Å²) in [5.41, 5.74) is 10.2. The lowest BCUT2D eigenvalue weighted by Gasteiger charge is -2.16. The van der Waals surface area contributed by atoms with Crippen LogP contribution in [0, 0.1) is 0 Å². The minimum atomic E-state index is 0.624. The van der Waals surface area contributed by atoms with Crippen molar-refractivity contribution in [3.8, 4) is 67.7 Å². The Morgan fingerprint density at radius 1 is 0.300 bits per heavy atom. The number of benzene rings is 6. The second kappa shape index (κ2) is 12.6. The summed E-state index contributed by atoms with van der Waals surface area (Å²) in [6.45, 7) is 0. The van der Waals surface area contributed by atoms with Crippen LogP contribution in [0.3, 0.4) is 0 Å². The second-order valence-electron chi connectivity index (χ2n) is 12.1. The van der Waals surface area contributed by atoms with Gasteiger partial charge in [-0.15, -0.1) is 0 Å². The highest BCUT2D eigenvalue weighted by molar-refractivity contribution is 6.19. The standard InChI is InChI=1S/C45H29N5/c1-4-12-30(13-5-1)36-18-10-20-38-40(36)39-21-11-19-37(42(39)47-41(38)32-26-28-46-29-27-32)31-22-24-35(25-23-31)45-49-43(33-14-6-2-7-15-33)48-44(50-45)34-16-8-3-9-17-34/h1-29H. The van der Waals surface area contributed by atoms with E-state index in [2.05, 4.69) is 96.0 Å². The Kier molecular flexibility index (Phi) is 7.41. The minimum Gasteiger partial charge on any atom is -0.265 e. The topological polar surface area (TPSA) is 64.5 Å². The van der Waals surface area contributed by atoms with E-state index < -0.39 is 0 Å². The summed E-state index contributed by atoms with van der Waals surface area (Å²) >= 11 is 0. The number of hydrogen-bond acceptors (Lipinski definition) is 5. The van der Waals surface area contributed by atoms with Gasteiger partial charge in [-0.1, -0.05) is 152 Å². The molecule has 0 atom stereocenters. The summed E-state index contributed by atoms with van der Waals surface area (Å²) in [5, 5.41) is 3.40. The zero-order chi connectivity index (χ0) is 33.3. The molecular weight excluding hydrogens is 611 g/mol. The molecule has 234 valence electrons. The van der Waals surface area contributed by atoms with E-state index in [1.807, 2.05) is 85.2 Å². The van der Waals surface area contributed by atoms with Crippen LogP contribution in [-0.4, -0.2) is 24.9 Å². The summed E-state index contributed by atoms with van der Waals surface area (Å²) in [5.74, 6) is 1.90. The quantitative estimate of drug-likeness (QED) is 0.169. The molecule has 50 heavy (non-hydrogen) atoms. The maximum absolute atomic E-state index is 5.39. The molecule has 0 radical (unpaired) electrons. The molecule has 0 aliphatic carbocycles. The zero-order valence-corrected chi connectivity index (χ0v) is 27.0. The van der Waals surface area contributed by atoms with Crippen molar-refractivity contribution in [3.63, 3.8) is 0 Å². The van der Waals surface area contributed by atoms with Crippen molar-refractivity contribution in [1.29, 1.82) is 0 Å². The summed E-state index contributed by atoms with van der Waals surface area (Å²) in [6, 6.07) is 56.2. The maximum Gasteiger partial charge on any atom is 0.164 e. The molecule has 0 unspecified atom stereocenters. The van der Waals surface area contributed by atoms with Crippen molar-refractivity contribution < 1.29 is 0 Å². The van der Waals surface area contributed by atoms with Gasteiger partial charge in [0.05, 0.1) is 11.2 Å². The molecule has 5 nitrogen and oxygen atoms in total. The van der Waals surface area contributed by atoms with Crippen LogP contribution in [0.4, 0.5) is 0 Å². The summed E-state index contributed by atoms with van der Waals surface area (Å²) < 4.78 is 0. The third kappa shape index (κ3) is 5.37. The molecule has 9 aromatic rings. The molecule has 5 heteroatoms. The number of aromatic nitrogens is 5. The molecule has 0 aliphatic heterocycles. The number of para-hydroxylation sites is 1. The van der Waals surface area contributed by atoms with E-state index in [4.69, 9.17) is 19.9 Å². The molecule has 9 rings (SSSR count). The van der Waals surface area contributed by atoms with E-state index >= 15 is 0 Å². The van der Waals surface area contributed by atoms with Crippen LogP contribution in [0.15, 0.2) is 176 Å². The van der Waals surface area contributed by atoms with Crippen LogP contribution in [0.2, 0.25) is 0 Å². The molecule has 0 saturated carbocycles. The van der Waals surface area contributed by atoms with E-state index in [9.17, 15) is 0 Å². The Morgan fingerprint density at radius 3 is 1.34 bits per heavy atom. The Hall–Kier alpha value is -6.85. The summed E-state index contributed by atoms with van der Waals surface area (Å²) in [6.07, 6.45) is 3.65. The van der Waals surface area contributed by atoms with E-state index in [1.165, 1.54) is 16.5 Å². The van der Waals surface area contributed by atoms with Crippen molar-refractivity contribution in [2.24, 2.45) is 0 Å². The van der Waals surface area contributed by atoms with Gasteiger partial charge in [0.2, 0.25) is 0 Å². The maximum atomic E-state index is 5.39. The predicted molar refractivity (Wildman–Crippen MR) is 203 cm³/mol. The third-order valence-electron chi connectivity index (χ3n) is 9.04. The Bertz CT molecular complexity index is 2550. The van der Waals surface area contributed by atoms with Gasteiger partial charge in [0.25, 0.3) is 0 Å².